The molecule has 0 amide bonds. The van der Waals surface area contributed by atoms with Gasteiger partial charge in [-0.15, -0.1) is 0 Å². The van der Waals surface area contributed by atoms with E-state index in [2.05, 4.69) is 35.9 Å². The van der Waals surface area contributed by atoms with E-state index in [1.807, 2.05) is 12.2 Å². The highest BCUT2D eigenvalue weighted by Gasteiger charge is 2.17. The van der Waals surface area contributed by atoms with Crippen LogP contribution in [0.5, 0.6) is 0 Å². The fraction of sp³-hybridized carbons (Fsp3) is 0.545. The van der Waals surface area contributed by atoms with Crippen LogP contribution >= 0.6 is 0 Å². The van der Waals surface area contributed by atoms with Gasteiger partial charge in [0.2, 0.25) is 0 Å². The monoisotopic (exact) mass is 324 g/mol. The van der Waals surface area contributed by atoms with Gasteiger partial charge in [0.1, 0.15) is 0 Å². The van der Waals surface area contributed by atoms with Gasteiger partial charge >= 0.3 is 0 Å². The van der Waals surface area contributed by atoms with Gasteiger partial charge in [0.05, 0.1) is 0 Å². The lowest BCUT2D eigenvalue weighted by Crippen LogP contribution is -2.24. The molecule has 0 saturated heterocycles. The fourth-order valence-corrected chi connectivity index (χ4v) is 4.16. The van der Waals surface area contributed by atoms with Crippen molar-refractivity contribution in [2.75, 3.05) is 10.6 Å². The van der Waals surface area contributed by atoms with E-state index in [1.54, 1.807) is 0 Å². The minimum absolute atomic E-state index is 0.606. The number of benzene rings is 1. The Morgan fingerprint density at radius 2 is 1.08 bits per heavy atom. The number of rotatable bonds is 6. The number of hydrogen-bond donors (Lipinski definition) is 2. The van der Waals surface area contributed by atoms with Crippen LogP contribution in [-0.2, 0) is 0 Å². The molecule has 2 N–H and O–H groups in total. The molecule has 2 aliphatic carbocycles. The van der Waals surface area contributed by atoms with Gasteiger partial charge in [-0.1, -0.05) is 63.8 Å². The predicted octanol–water partition coefficient (Wildman–Crippen LogP) is 6.46. The zero-order valence-corrected chi connectivity index (χ0v) is 14.9. The van der Waals surface area contributed by atoms with Crippen molar-refractivity contribution in [1.29, 1.82) is 0 Å². The maximum atomic E-state index is 4.01. The van der Waals surface area contributed by atoms with Crippen LogP contribution in [0.1, 0.15) is 75.3 Å². The van der Waals surface area contributed by atoms with Gasteiger partial charge in [-0.05, 0) is 48.9 Å². The van der Waals surface area contributed by atoms with E-state index in [4.69, 9.17) is 0 Å². The van der Waals surface area contributed by atoms with Gasteiger partial charge in [-0.2, -0.15) is 0 Å². The third-order valence-corrected chi connectivity index (χ3v) is 5.59. The summed E-state index contributed by atoms with van der Waals surface area (Å²) in [5.41, 5.74) is 4.82. The molecule has 2 fully saturated rings. The first-order valence-electron chi connectivity index (χ1n) is 9.76. The summed E-state index contributed by atoms with van der Waals surface area (Å²) in [6.45, 7) is 8.02. The molecule has 0 spiro atoms. The molecule has 1 aromatic carbocycles. The van der Waals surface area contributed by atoms with Crippen LogP contribution in [0, 0.1) is 0 Å². The van der Waals surface area contributed by atoms with Crippen molar-refractivity contribution in [3.05, 3.63) is 36.4 Å². The van der Waals surface area contributed by atoms with Crippen molar-refractivity contribution in [3.63, 3.8) is 0 Å². The predicted molar refractivity (Wildman–Crippen MR) is 108 cm³/mol. The maximum absolute atomic E-state index is 4.01. The Morgan fingerprint density at radius 1 is 0.667 bits per heavy atom. The van der Waals surface area contributed by atoms with Crippen molar-refractivity contribution in [2.24, 2.45) is 0 Å². The van der Waals surface area contributed by atoms with E-state index in [9.17, 15) is 0 Å². The summed E-state index contributed by atoms with van der Waals surface area (Å²) in [5, 5.41) is 7.57. The minimum Gasteiger partial charge on any atom is -0.382 e. The molecular weight excluding hydrogens is 292 g/mol. The smallest absolute Gasteiger partial charge is 0.0436 e. The second kappa shape index (κ2) is 8.41. The number of nitrogens with one attached hydrogen (secondary N) is 2. The van der Waals surface area contributed by atoms with E-state index < -0.39 is 0 Å². The van der Waals surface area contributed by atoms with E-state index in [1.165, 1.54) is 86.7 Å². The molecule has 2 aliphatic rings. The summed E-state index contributed by atoms with van der Waals surface area (Å²) in [5.74, 6) is 0. The Balaban J connectivity index is 1.81. The Morgan fingerprint density at radius 3 is 1.46 bits per heavy atom. The van der Waals surface area contributed by atoms with Crippen molar-refractivity contribution in [3.8, 4) is 0 Å². The first-order valence-corrected chi connectivity index (χ1v) is 9.76. The molecule has 0 radical (unpaired) electrons. The lowest BCUT2D eigenvalue weighted by atomic mass is 9.93. The molecule has 2 saturated carbocycles. The van der Waals surface area contributed by atoms with Crippen LogP contribution in [-0.4, -0.2) is 12.1 Å². The fourth-order valence-electron chi connectivity index (χ4n) is 4.16. The van der Waals surface area contributed by atoms with E-state index in [0.29, 0.717) is 12.1 Å². The van der Waals surface area contributed by atoms with Crippen LogP contribution < -0.4 is 10.6 Å². The van der Waals surface area contributed by atoms with Crippen molar-refractivity contribution in [2.45, 2.75) is 76.3 Å². The molecule has 2 nitrogen and oxygen atoms in total. The lowest BCUT2D eigenvalue weighted by Gasteiger charge is -2.28. The van der Waals surface area contributed by atoms with Crippen LogP contribution in [0.2, 0.25) is 0 Å². The third kappa shape index (κ3) is 4.23. The Labute approximate surface area is 147 Å². The summed E-state index contributed by atoms with van der Waals surface area (Å²) in [6, 6.07) is 5.72. The van der Waals surface area contributed by atoms with E-state index in [-0.39, 0.29) is 0 Å². The van der Waals surface area contributed by atoms with Crippen LogP contribution in [0.25, 0.3) is 12.2 Å². The van der Waals surface area contributed by atoms with Crippen LogP contribution in [0.15, 0.2) is 25.3 Å². The highest BCUT2D eigenvalue weighted by molar-refractivity contribution is 5.78. The normalized spacial score (nSPS) is 19.7. The molecule has 0 atom stereocenters. The zero-order chi connectivity index (χ0) is 16.8. The van der Waals surface area contributed by atoms with E-state index in [0.717, 1.165) is 0 Å². The highest BCUT2D eigenvalue weighted by Crippen LogP contribution is 2.32. The third-order valence-electron chi connectivity index (χ3n) is 5.59. The standard InChI is InChI=1S/C22H32N2/c1-3-17-15-18(4-2)22(24-20-13-9-6-10-14-20)16-21(17)23-19-11-7-5-8-12-19/h3-4,15-16,19-20,23-24H,1-2,5-14H2. The average Bonchev–Trinajstić information content (AvgIpc) is 2.64. The largest absolute Gasteiger partial charge is 0.382 e. The second-order valence-corrected chi connectivity index (χ2v) is 7.39. The molecule has 2 heteroatoms. The van der Waals surface area contributed by atoms with Gasteiger partial charge in [-0.25, -0.2) is 0 Å². The molecule has 0 bridgehead atoms. The molecule has 1 aromatic rings. The summed E-state index contributed by atoms with van der Waals surface area (Å²) in [7, 11) is 0. The average molecular weight is 325 g/mol. The van der Waals surface area contributed by atoms with Gasteiger partial charge in [0.15, 0.2) is 0 Å². The first-order chi connectivity index (χ1) is 11.8. The molecule has 0 aromatic heterocycles. The van der Waals surface area contributed by atoms with E-state index >= 15 is 0 Å². The molecule has 130 valence electrons. The lowest BCUT2D eigenvalue weighted by molar-refractivity contribution is 0.461. The molecule has 3 rings (SSSR count). The second-order valence-electron chi connectivity index (χ2n) is 7.39. The quantitative estimate of drug-likeness (QED) is 0.627. The molecule has 24 heavy (non-hydrogen) atoms. The number of hydrogen-bond acceptors (Lipinski definition) is 2. The number of anilines is 2. The molecular formula is C22H32N2. The molecule has 0 aliphatic heterocycles. The summed E-state index contributed by atoms with van der Waals surface area (Å²) in [4.78, 5) is 0. The topological polar surface area (TPSA) is 24.1 Å². The Hall–Kier alpha value is -1.70. The SMILES string of the molecule is C=Cc1cc(C=C)c(NC2CCCCC2)cc1NC1CCCCC1. The van der Waals surface area contributed by atoms with Crippen molar-refractivity contribution >= 4 is 23.5 Å². The molecule has 0 heterocycles. The van der Waals surface area contributed by atoms with Gasteiger partial charge in [0.25, 0.3) is 0 Å². The Kier molecular flexibility index (Phi) is 6.01. The summed E-state index contributed by atoms with van der Waals surface area (Å²) in [6.07, 6.45) is 17.2. The van der Waals surface area contributed by atoms with Crippen molar-refractivity contribution < 1.29 is 0 Å². The van der Waals surface area contributed by atoms with Gasteiger partial charge in [-0.3, -0.25) is 0 Å². The highest BCUT2D eigenvalue weighted by atomic mass is 14.9. The van der Waals surface area contributed by atoms with Gasteiger partial charge < -0.3 is 10.6 Å². The summed E-state index contributed by atoms with van der Waals surface area (Å²) >= 11 is 0. The molecule has 0 unspecified atom stereocenters. The minimum atomic E-state index is 0.606. The van der Waals surface area contributed by atoms with Crippen molar-refractivity contribution in [1.82, 2.24) is 0 Å². The van der Waals surface area contributed by atoms with Gasteiger partial charge in [0, 0.05) is 23.5 Å². The maximum Gasteiger partial charge on any atom is 0.0436 e. The van der Waals surface area contributed by atoms with Crippen LogP contribution in [0.4, 0.5) is 11.4 Å². The summed E-state index contributed by atoms with van der Waals surface area (Å²) < 4.78 is 0. The van der Waals surface area contributed by atoms with Crippen LogP contribution in [0.3, 0.4) is 0 Å². The zero-order valence-electron chi connectivity index (χ0n) is 14.9. The Bertz CT molecular complexity index is 516. The first kappa shape index (κ1) is 17.1.